The van der Waals surface area contributed by atoms with E-state index in [0.717, 1.165) is 34.1 Å². The van der Waals surface area contributed by atoms with Crippen LogP contribution in [0, 0.1) is 0 Å². The van der Waals surface area contributed by atoms with Gasteiger partial charge in [-0.3, -0.25) is 0 Å². The lowest BCUT2D eigenvalue weighted by molar-refractivity contribution is 0.414. The summed E-state index contributed by atoms with van der Waals surface area (Å²) < 4.78 is 7.10. The molecule has 0 amide bonds. The molecule has 0 bridgehead atoms. The third kappa shape index (κ3) is 3.98. The third-order valence-electron chi connectivity index (χ3n) is 5.23. The molecule has 2 heterocycles. The second kappa shape index (κ2) is 8.64. The molecule has 1 aromatic heterocycles. The Balaban J connectivity index is 1.60. The minimum absolute atomic E-state index is 0.113. The second-order valence-corrected chi connectivity index (χ2v) is 7.71. The summed E-state index contributed by atoms with van der Waals surface area (Å²) in [5, 5.41) is 11.9. The highest BCUT2D eigenvalue weighted by molar-refractivity contribution is 7.80. The number of nitrogens with zero attached hydrogens (tertiary/aromatic N) is 3. The fourth-order valence-electron chi connectivity index (χ4n) is 3.61. The maximum Gasteiger partial charge on any atom is 0.182 e. The van der Waals surface area contributed by atoms with E-state index in [1.165, 1.54) is 0 Å². The van der Waals surface area contributed by atoms with E-state index in [-0.39, 0.29) is 6.04 Å². The van der Waals surface area contributed by atoms with Crippen LogP contribution < -0.4 is 15.4 Å². The Bertz CT molecular complexity index is 1270. The van der Waals surface area contributed by atoms with Gasteiger partial charge < -0.3 is 15.4 Å². The summed E-state index contributed by atoms with van der Waals surface area (Å²) >= 11 is 5.52. The molecule has 0 spiro atoms. The van der Waals surface area contributed by atoms with Gasteiger partial charge in [0.25, 0.3) is 0 Å². The van der Waals surface area contributed by atoms with E-state index in [9.17, 15) is 0 Å². The minimum atomic E-state index is -0.113. The zero-order chi connectivity index (χ0) is 21.9. The molecule has 5 rings (SSSR count). The van der Waals surface area contributed by atoms with Crippen LogP contribution in [0.3, 0.4) is 0 Å². The SMILES string of the molecule is COc1ccc(C2C=C(n3nc(-c4ccccc4)nc3-c3ccccc3)NC(=S)N2)cc1. The molecule has 0 fully saturated rings. The van der Waals surface area contributed by atoms with Crippen LogP contribution in [0.15, 0.2) is 91.0 Å². The average molecular weight is 440 g/mol. The van der Waals surface area contributed by atoms with Gasteiger partial charge in [0.1, 0.15) is 11.6 Å². The van der Waals surface area contributed by atoms with Gasteiger partial charge in [-0.1, -0.05) is 72.8 Å². The van der Waals surface area contributed by atoms with Crippen molar-refractivity contribution >= 4 is 23.2 Å². The second-order valence-electron chi connectivity index (χ2n) is 7.30. The highest BCUT2D eigenvalue weighted by Crippen LogP contribution is 2.27. The number of ether oxygens (including phenoxy) is 1. The lowest BCUT2D eigenvalue weighted by atomic mass is 10.1. The molecule has 1 atom stereocenters. The first-order valence-electron chi connectivity index (χ1n) is 10.2. The summed E-state index contributed by atoms with van der Waals surface area (Å²) in [6.07, 6.45) is 2.06. The van der Waals surface area contributed by atoms with Crippen LogP contribution in [0.2, 0.25) is 0 Å². The maximum atomic E-state index is 5.52. The van der Waals surface area contributed by atoms with Gasteiger partial charge in [0.15, 0.2) is 16.8 Å². The quantitative estimate of drug-likeness (QED) is 0.442. The number of methoxy groups -OCH3 is 1. The molecule has 3 aromatic carbocycles. The molecular formula is C25H21N5OS. The van der Waals surface area contributed by atoms with Gasteiger partial charge in [-0.2, -0.15) is 4.68 Å². The van der Waals surface area contributed by atoms with Gasteiger partial charge in [0.2, 0.25) is 0 Å². The molecule has 6 nitrogen and oxygen atoms in total. The number of aromatic nitrogens is 3. The molecule has 0 aliphatic carbocycles. The zero-order valence-corrected chi connectivity index (χ0v) is 18.2. The highest BCUT2D eigenvalue weighted by atomic mass is 32.1. The molecule has 1 unspecified atom stereocenters. The van der Waals surface area contributed by atoms with Crippen molar-refractivity contribution in [3.05, 3.63) is 96.6 Å². The van der Waals surface area contributed by atoms with Crippen LogP contribution in [-0.4, -0.2) is 27.0 Å². The summed E-state index contributed by atoms with van der Waals surface area (Å²) in [5.74, 6) is 2.95. The standard InChI is InChI=1S/C25H21N5OS/c1-31-20-14-12-17(13-15-20)21-16-22(27-25(32)26-21)30-24(19-10-6-3-7-11-19)28-23(29-30)18-8-4-2-5-9-18/h2-16,21H,1H3,(H2,26,27,32). The smallest absolute Gasteiger partial charge is 0.182 e. The van der Waals surface area contributed by atoms with Crippen molar-refractivity contribution in [2.75, 3.05) is 7.11 Å². The summed E-state index contributed by atoms with van der Waals surface area (Å²) in [4.78, 5) is 4.86. The molecule has 1 aliphatic heterocycles. The van der Waals surface area contributed by atoms with E-state index in [1.807, 2.05) is 89.6 Å². The summed E-state index contributed by atoms with van der Waals surface area (Å²) in [6.45, 7) is 0. The molecule has 0 saturated carbocycles. The lowest BCUT2D eigenvalue weighted by Crippen LogP contribution is -2.42. The van der Waals surface area contributed by atoms with Crippen LogP contribution in [0.25, 0.3) is 28.6 Å². The van der Waals surface area contributed by atoms with Gasteiger partial charge in [-0.25, -0.2) is 4.98 Å². The Morgan fingerprint density at radius 1 is 0.875 bits per heavy atom. The van der Waals surface area contributed by atoms with Crippen LogP contribution >= 0.6 is 12.2 Å². The summed E-state index contributed by atoms with van der Waals surface area (Å²) in [5.41, 5.74) is 2.99. The number of rotatable bonds is 5. The number of hydrogen-bond donors (Lipinski definition) is 2. The number of thiocarbonyl (C=S) groups is 1. The molecule has 7 heteroatoms. The fourth-order valence-corrected chi connectivity index (χ4v) is 3.84. The monoisotopic (exact) mass is 439 g/mol. The Morgan fingerprint density at radius 2 is 1.53 bits per heavy atom. The largest absolute Gasteiger partial charge is 0.497 e. The Kier molecular flexibility index (Phi) is 5.39. The van der Waals surface area contributed by atoms with E-state index in [1.54, 1.807) is 7.11 Å². The summed E-state index contributed by atoms with van der Waals surface area (Å²) in [7, 11) is 1.66. The third-order valence-corrected chi connectivity index (χ3v) is 5.45. The fraction of sp³-hybridized carbons (Fsp3) is 0.0800. The molecule has 2 N–H and O–H groups in total. The van der Waals surface area contributed by atoms with Crippen LogP contribution in [-0.2, 0) is 0 Å². The first kappa shape index (κ1) is 20.0. The van der Waals surface area contributed by atoms with E-state index < -0.39 is 0 Å². The minimum Gasteiger partial charge on any atom is -0.497 e. The van der Waals surface area contributed by atoms with E-state index >= 15 is 0 Å². The maximum absolute atomic E-state index is 5.52. The van der Waals surface area contributed by atoms with Crippen LogP contribution in [0.4, 0.5) is 0 Å². The Hall–Kier alpha value is -3.97. The van der Waals surface area contributed by atoms with E-state index in [2.05, 4.69) is 16.7 Å². The summed E-state index contributed by atoms with van der Waals surface area (Å²) in [6, 6.07) is 27.8. The predicted molar refractivity (Wildman–Crippen MR) is 130 cm³/mol. The Morgan fingerprint density at radius 3 is 2.19 bits per heavy atom. The van der Waals surface area contributed by atoms with Gasteiger partial charge in [-0.15, -0.1) is 5.10 Å². The zero-order valence-electron chi connectivity index (χ0n) is 17.4. The van der Waals surface area contributed by atoms with Crippen molar-refractivity contribution in [2.24, 2.45) is 0 Å². The molecule has 4 aromatic rings. The van der Waals surface area contributed by atoms with Gasteiger partial charge in [0, 0.05) is 11.1 Å². The van der Waals surface area contributed by atoms with Crippen molar-refractivity contribution in [1.29, 1.82) is 0 Å². The molecule has 0 radical (unpaired) electrons. The Labute approximate surface area is 191 Å². The van der Waals surface area contributed by atoms with E-state index in [0.29, 0.717) is 10.9 Å². The predicted octanol–water partition coefficient (Wildman–Crippen LogP) is 4.64. The first-order chi connectivity index (χ1) is 15.7. The van der Waals surface area contributed by atoms with Crippen molar-refractivity contribution in [3.8, 4) is 28.5 Å². The average Bonchev–Trinajstić information content (AvgIpc) is 3.31. The molecular weight excluding hydrogens is 418 g/mol. The van der Waals surface area contributed by atoms with Crippen LogP contribution in [0.5, 0.6) is 5.75 Å². The molecule has 158 valence electrons. The highest BCUT2D eigenvalue weighted by Gasteiger charge is 2.23. The van der Waals surface area contributed by atoms with Crippen molar-refractivity contribution in [3.63, 3.8) is 0 Å². The molecule has 32 heavy (non-hydrogen) atoms. The van der Waals surface area contributed by atoms with E-state index in [4.69, 9.17) is 27.0 Å². The first-order valence-corrected chi connectivity index (χ1v) is 10.6. The van der Waals surface area contributed by atoms with Crippen molar-refractivity contribution in [2.45, 2.75) is 6.04 Å². The lowest BCUT2D eigenvalue weighted by Gasteiger charge is -2.26. The van der Waals surface area contributed by atoms with Gasteiger partial charge in [0.05, 0.1) is 13.2 Å². The van der Waals surface area contributed by atoms with Gasteiger partial charge >= 0.3 is 0 Å². The van der Waals surface area contributed by atoms with Gasteiger partial charge in [-0.05, 0) is 36.0 Å². The number of nitrogens with one attached hydrogen (secondary N) is 2. The topological polar surface area (TPSA) is 64.0 Å². The van der Waals surface area contributed by atoms with Crippen molar-refractivity contribution in [1.82, 2.24) is 25.4 Å². The molecule has 0 saturated heterocycles. The molecule has 1 aliphatic rings. The number of benzene rings is 3. The van der Waals surface area contributed by atoms with Crippen LogP contribution in [0.1, 0.15) is 11.6 Å². The number of hydrogen-bond acceptors (Lipinski definition) is 4. The van der Waals surface area contributed by atoms with Crippen molar-refractivity contribution < 1.29 is 4.74 Å². The normalized spacial score (nSPS) is 15.5.